The second kappa shape index (κ2) is 15.3. The van der Waals surface area contributed by atoms with Crippen molar-refractivity contribution in [3.8, 4) is 62.0 Å². The molecule has 8 rings (SSSR count). The fraction of sp³-hybridized carbons (Fsp3) is 0.235. The number of aromatic hydroxyl groups is 1. The van der Waals surface area contributed by atoms with Crippen LogP contribution in [-0.4, -0.2) is 29.2 Å². The first-order chi connectivity index (χ1) is 27.1. The van der Waals surface area contributed by atoms with Gasteiger partial charge < -0.3 is 10.1 Å². The molecule has 0 bridgehead atoms. The van der Waals surface area contributed by atoms with Gasteiger partial charge in [0.15, 0.2) is 17.1 Å². The molecule has 0 saturated heterocycles. The number of fused-ring (bicyclic) bond motifs is 1. The zero-order valence-electron chi connectivity index (χ0n) is 34.7. The van der Waals surface area contributed by atoms with Gasteiger partial charge in [0, 0.05) is 38.2 Å². The van der Waals surface area contributed by atoms with Gasteiger partial charge in [-0.25, -0.2) is 9.97 Å². The summed E-state index contributed by atoms with van der Waals surface area (Å²) in [6.45, 7) is 19.7. The van der Waals surface area contributed by atoms with Crippen molar-refractivity contribution in [1.29, 1.82) is 0 Å². The van der Waals surface area contributed by atoms with Gasteiger partial charge in [0.25, 0.3) is 0 Å². The van der Waals surface area contributed by atoms with Gasteiger partial charge in [-0.2, -0.15) is 0 Å². The van der Waals surface area contributed by atoms with Crippen molar-refractivity contribution < 1.29 is 26.2 Å². The van der Waals surface area contributed by atoms with Crippen LogP contribution in [0.25, 0.3) is 67.6 Å². The van der Waals surface area contributed by atoms with Gasteiger partial charge in [0.05, 0.1) is 11.3 Å². The predicted octanol–water partition coefficient (Wildman–Crippen LogP) is 12.7. The molecule has 0 radical (unpaired) electrons. The Kier molecular flexibility index (Phi) is 10.7. The largest absolute Gasteiger partial charge is 0.507 e. The van der Waals surface area contributed by atoms with E-state index in [0.29, 0.717) is 22.7 Å². The Balaban J connectivity index is 0.00000512. The van der Waals surface area contributed by atoms with Crippen LogP contribution >= 0.6 is 0 Å². The molecule has 0 aliphatic heterocycles. The van der Waals surface area contributed by atoms with E-state index in [4.69, 9.17) is 15.0 Å². The van der Waals surface area contributed by atoms with Crippen molar-refractivity contribution in [3.05, 3.63) is 157 Å². The minimum atomic E-state index is -0.361. The van der Waals surface area contributed by atoms with E-state index in [1.165, 1.54) is 11.1 Å². The van der Waals surface area contributed by atoms with Crippen molar-refractivity contribution in [3.63, 3.8) is 0 Å². The minimum absolute atomic E-state index is 0. The second-order valence-electron chi connectivity index (χ2n) is 18.0. The quantitative estimate of drug-likeness (QED) is 0.169. The molecular weight excluding hydrogens is 894 g/mol. The zero-order chi connectivity index (χ0) is 40.3. The molecule has 1 N–H and O–H groups in total. The number of rotatable bonds is 6. The summed E-state index contributed by atoms with van der Waals surface area (Å²) in [5.74, 6) is 1.62. The molecule has 0 spiro atoms. The molecule has 0 aliphatic carbocycles. The van der Waals surface area contributed by atoms with E-state index in [1.807, 2.05) is 30.5 Å². The number of para-hydroxylation sites is 1. The summed E-state index contributed by atoms with van der Waals surface area (Å²) >= 11 is 0. The van der Waals surface area contributed by atoms with Crippen LogP contribution in [0.1, 0.15) is 79.3 Å². The normalized spacial score (nSPS) is 12.2. The van der Waals surface area contributed by atoms with E-state index in [0.717, 1.165) is 50.7 Å². The average molecular weight is 944 g/mol. The molecule has 3 heterocycles. The summed E-state index contributed by atoms with van der Waals surface area (Å²) in [7, 11) is 0. The van der Waals surface area contributed by atoms with Crippen LogP contribution in [0.2, 0.25) is 0 Å². The van der Waals surface area contributed by atoms with E-state index in [1.54, 1.807) is 0 Å². The molecular formula is C51H50N5OPt-. The number of aromatic nitrogens is 5. The number of phenolic OH excluding ortho intramolecular Hbond substituents is 1. The molecule has 296 valence electrons. The summed E-state index contributed by atoms with van der Waals surface area (Å²) in [5, 5.41) is 11.7. The van der Waals surface area contributed by atoms with E-state index in [-0.39, 0.29) is 43.1 Å². The second-order valence-corrected chi connectivity index (χ2v) is 18.0. The van der Waals surface area contributed by atoms with Gasteiger partial charge in [-0.15, -0.1) is 29.8 Å². The third-order valence-corrected chi connectivity index (χ3v) is 10.6. The Morgan fingerprint density at radius 1 is 0.552 bits per heavy atom. The maximum Gasteiger partial charge on any atom is 0.184 e. The summed E-state index contributed by atoms with van der Waals surface area (Å²) in [6.07, 6.45) is 1.89. The Morgan fingerprint density at radius 2 is 1.22 bits per heavy atom. The van der Waals surface area contributed by atoms with Gasteiger partial charge in [-0.3, -0.25) is 9.13 Å². The molecule has 5 aromatic carbocycles. The molecule has 0 atom stereocenters. The van der Waals surface area contributed by atoms with Crippen LogP contribution in [0.5, 0.6) is 5.75 Å². The molecule has 7 heteroatoms. The molecule has 3 aromatic heterocycles. The van der Waals surface area contributed by atoms with Crippen molar-refractivity contribution in [2.75, 3.05) is 0 Å². The SMILES string of the molecule is CC(C)(C)c1ccc(-c2nc3c(nc(C(C)(C)C)n3-c3[c-]c(-c4cc(-c5ccccc5C(C)(C)C)ccn4)ccc3)n2-c2ccccc2-c2ccccc2)c(O)c1.[Pt]. The molecule has 6 nitrogen and oxygen atoms in total. The van der Waals surface area contributed by atoms with Gasteiger partial charge in [0.1, 0.15) is 11.6 Å². The van der Waals surface area contributed by atoms with Crippen molar-refractivity contribution in [2.24, 2.45) is 0 Å². The van der Waals surface area contributed by atoms with Gasteiger partial charge in [0.2, 0.25) is 0 Å². The first-order valence-corrected chi connectivity index (χ1v) is 19.7. The smallest absolute Gasteiger partial charge is 0.184 e. The molecule has 58 heavy (non-hydrogen) atoms. The van der Waals surface area contributed by atoms with Gasteiger partial charge in [-0.1, -0.05) is 147 Å². The topological polar surface area (TPSA) is 68.8 Å². The first-order valence-electron chi connectivity index (χ1n) is 19.7. The third kappa shape index (κ3) is 7.58. The van der Waals surface area contributed by atoms with Crippen molar-refractivity contribution >= 4 is 11.3 Å². The molecule has 0 aliphatic rings. The van der Waals surface area contributed by atoms with Gasteiger partial charge in [-0.05, 0) is 74.3 Å². The van der Waals surface area contributed by atoms with E-state index in [2.05, 4.69) is 181 Å². The third-order valence-electron chi connectivity index (χ3n) is 10.6. The standard InChI is InChI=1S/C51H50N5O.Pt/c1-49(2,3)36-26-27-40(44(57)32-36)45-53-46-47(56(45)43-25-16-14-23-39(43)33-18-11-10-12-19-33)54-48(51(7,8)9)55(46)37-21-17-20-35(30-37)42-31-34(28-29-52-42)38-22-13-15-24-41(38)50(4,5)6;/h10-29,31-32,57H,1-9H3;/q-1;. The molecule has 0 amide bonds. The van der Waals surface area contributed by atoms with Gasteiger partial charge >= 0.3 is 0 Å². The zero-order valence-corrected chi connectivity index (χ0v) is 37.0. The van der Waals surface area contributed by atoms with Crippen LogP contribution in [0.15, 0.2) is 134 Å². The number of hydrogen-bond donors (Lipinski definition) is 1. The fourth-order valence-corrected chi connectivity index (χ4v) is 7.63. The number of nitrogens with zero attached hydrogens (tertiary/aromatic N) is 5. The molecule has 0 unspecified atom stereocenters. The Bertz CT molecular complexity index is 2760. The molecule has 0 saturated carbocycles. The maximum atomic E-state index is 11.7. The molecule has 0 fully saturated rings. The van der Waals surface area contributed by atoms with Crippen LogP contribution < -0.4 is 0 Å². The number of benzene rings is 5. The van der Waals surface area contributed by atoms with Crippen LogP contribution in [0, 0.1) is 6.07 Å². The number of imidazole rings is 2. The Hall–Kier alpha value is -5.58. The van der Waals surface area contributed by atoms with E-state index >= 15 is 0 Å². The van der Waals surface area contributed by atoms with Crippen LogP contribution in [0.4, 0.5) is 0 Å². The van der Waals surface area contributed by atoms with E-state index in [9.17, 15) is 5.11 Å². The summed E-state index contributed by atoms with van der Waals surface area (Å²) in [5.41, 5.74) is 11.6. The van der Waals surface area contributed by atoms with Crippen molar-refractivity contribution in [1.82, 2.24) is 24.1 Å². The maximum absolute atomic E-state index is 11.7. The van der Waals surface area contributed by atoms with Crippen LogP contribution in [-0.2, 0) is 37.3 Å². The summed E-state index contributed by atoms with van der Waals surface area (Å²) in [6, 6.07) is 47.4. The Morgan fingerprint density at radius 3 is 1.91 bits per heavy atom. The Labute approximate surface area is 357 Å². The van der Waals surface area contributed by atoms with Crippen molar-refractivity contribution in [2.45, 2.75) is 78.6 Å². The summed E-state index contributed by atoms with van der Waals surface area (Å²) in [4.78, 5) is 15.7. The first kappa shape index (κ1) is 40.6. The number of hydrogen-bond acceptors (Lipinski definition) is 4. The summed E-state index contributed by atoms with van der Waals surface area (Å²) < 4.78 is 4.24. The van der Waals surface area contributed by atoms with E-state index < -0.39 is 0 Å². The predicted molar refractivity (Wildman–Crippen MR) is 234 cm³/mol. The fourth-order valence-electron chi connectivity index (χ4n) is 7.63. The average Bonchev–Trinajstić information content (AvgIpc) is 3.75. The van der Waals surface area contributed by atoms with Crippen LogP contribution in [0.3, 0.4) is 0 Å². The monoisotopic (exact) mass is 943 g/mol. The minimum Gasteiger partial charge on any atom is -0.507 e. The number of phenols is 1. The number of pyridine rings is 1. The molecule has 8 aromatic rings.